The summed E-state index contributed by atoms with van der Waals surface area (Å²) >= 11 is 5.45. The molecule has 0 amide bonds. The van der Waals surface area contributed by atoms with Gasteiger partial charge >= 0.3 is 5.97 Å². The van der Waals surface area contributed by atoms with Gasteiger partial charge in [-0.25, -0.2) is 4.39 Å². The van der Waals surface area contributed by atoms with E-state index >= 15 is 0 Å². The van der Waals surface area contributed by atoms with Crippen molar-refractivity contribution in [2.45, 2.75) is 39.2 Å². The van der Waals surface area contributed by atoms with E-state index in [1.54, 1.807) is 19.9 Å². The Kier molecular flexibility index (Phi) is 8.98. The van der Waals surface area contributed by atoms with Gasteiger partial charge in [-0.3, -0.25) is 9.78 Å². The van der Waals surface area contributed by atoms with Crippen LogP contribution in [0, 0.1) is 18.7 Å². The minimum atomic E-state index is -0.598. The topological polar surface area (TPSA) is 77.9 Å². The van der Waals surface area contributed by atoms with Gasteiger partial charge < -0.3 is 19.3 Å². The summed E-state index contributed by atoms with van der Waals surface area (Å²) in [6.07, 6.45) is 1.04. The summed E-state index contributed by atoms with van der Waals surface area (Å²) in [5.41, 5.74) is 2.90. The predicted molar refractivity (Wildman–Crippen MR) is 139 cm³/mol. The number of methoxy groups -OCH3 is 2. The predicted octanol–water partition coefficient (Wildman–Crippen LogP) is 5.76. The van der Waals surface area contributed by atoms with Crippen LogP contribution >= 0.6 is 12.2 Å². The molecule has 3 atom stereocenters. The Hall–Kier alpha value is -3.52. The number of hydrogen-bond donors (Lipinski definition) is 1. The molecule has 2 aromatic carbocycles. The Balaban J connectivity index is 1.82. The Morgan fingerprint density at radius 3 is 2.36 bits per heavy atom. The van der Waals surface area contributed by atoms with E-state index in [-0.39, 0.29) is 23.6 Å². The highest BCUT2D eigenvalue weighted by atomic mass is 32.1. The molecule has 0 bridgehead atoms. The van der Waals surface area contributed by atoms with E-state index < -0.39 is 29.7 Å². The zero-order chi connectivity index (χ0) is 26.4. The number of halogens is 1. The standard InChI is InChI=1S/C28H30FNO5S/c1-16-6-8-19(9-7-16)25(21-11-10-20(29)15-23(21)34-5)18(3)35-28(32)17(2)14-24(36)26-27(31)22(33-4)12-13-30-26/h6-13,15,17-18,25,31H,14H2,1-5H3/t17-,18+,25+/m1/s1. The SMILES string of the molecule is COc1cc(F)ccc1[C@H](c1ccc(C)cc1)[C@H](C)OC(=O)[C@H](C)CC(=S)c1nccc(OC)c1O. The number of esters is 1. The number of carbonyl (C=O) groups excluding carboxylic acids is 1. The molecule has 1 heterocycles. The molecule has 3 rings (SSSR count). The Labute approximate surface area is 216 Å². The van der Waals surface area contributed by atoms with Gasteiger partial charge in [0.05, 0.1) is 20.1 Å². The minimum absolute atomic E-state index is 0.156. The molecule has 0 saturated heterocycles. The quantitative estimate of drug-likeness (QED) is 0.211. The van der Waals surface area contributed by atoms with Crippen LogP contribution in [0.2, 0.25) is 0 Å². The molecule has 8 heteroatoms. The third-order valence-corrected chi connectivity index (χ3v) is 6.36. The Bertz CT molecular complexity index is 1230. The molecule has 0 unspecified atom stereocenters. The highest BCUT2D eigenvalue weighted by molar-refractivity contribution is 7.80. The first-order chi connectivity index (χ1) is 17.2. The lowest BCUT2D eigenvalue weighted by molar-refractivity contribution is -0.153. The number of ether oxygens (including phenoxy) is 3. The molecule has 0 aliphatic rings. The van der Waals surface area contributed by atoms with Gasteiger partial charge in [0.1, 0.15) is 23.4 Å². The van der Waals surface area contributed by atoms with Crippen molar-refractivity contribution in [3.63, 3.8) is 0 Å². The van der Waals surface area contributed by atoms with E-state index in [9.17, 15) is 14.3 Å². The zero-order valence-electron chi connectivity index (χ0n) is 20.9. The van der Waals surface area contributed by atoms with Crippen LogP contribution in [0.15, 0.2) is 54.7 Å². The highest BCUT2D eigenvalue weighted by Gasteiger charge is 2.30. The van der Waals surface area contributed by atoms with Crippen molar-refractivity contribution >= 4 is 23.1 Å². The van der Waals surface area contributed by atoms with Gasteiger partial charge in [0.2, 0.25) is 0 Å². The van der Waals surface area contributed by atoms with Crippen LogP contribution in [-0.4, -0.2) is 41.2 Å². The van der Waals surface area contributed by atoms with Crippen molar-refractivity contribution in [3.8, 4) is 17.2 Å². The molecule has 1 N–H and O–H groups in total. The second kappa shape index (κ2) is 11.9. The van der Waals surface area contributed by atoms with Crippen molar-refractivity contribution < 1.29 is 28.5 Å². The molecule has 190 valence electrons. The van der Waals surface area contributed by atoms with Crippen LogP contribution in [0.1, 0.15) is 48.6 Å². The number of pyridine rings is 1. The van der Waals surface area contributed by atoms with Crippen LogP contribution in [0.4, 0.5) is 4.39 Å². The van der Waals surface area contributed by atoms with Crippen LogP contribution < -0.4 is 9.47 Å². The average Bonchev–Trinajstić information content (AvgIpc) is 2.86. The Morgan fingerprint density at radius 1 is 1.06 bits per heavy atom. The number of thiocarbonyl (C=S) groups is 1. The van der Waals surface area contributed by atoms with Gasteiger partial charge in [0.15, 0.2) is 11.5 Å². The molecule has 3 aromatic rings. The van der Waals surface area contributed by atoms with E-state index in [0.29, 0.717) is 16.2 Å². The lowest BCUT2D eigenvalue weighted by atomic mass is 9.86. The monoisotopic (exact) mass is 511 g/mol. The molecule has 1 aromatic heterocycles. The smallest absolute Gasteiger partial charge is 0.309 e. The maximum atomic E-state index is 13.9. The van der Waals surface area contributed by atoms with Crippen molar-refractivity contribution in [2.24, 2.45) is 5.92 Å². The lowest BCUT2D eigenvalue weighted by Crippen LogP contribution is -2.28. The normalized spacial score (nSPS) is 13.4. The summed E-state index contributed by atoms with van der Waals surface area (Å²) in [6.45, 7) is 5.49. The lowest BCUT2D eigenvalue weighted by Gasteiger charge is -2.27. The number of rotatable bonds is 10. The molecule has 0 spiro atoms. The van der Waals surface area contributed by atoms with Crippen LogP contribution in [0.25, 0.3) is 0 Å². The van der Waals surface area contributed by atoms with Crippen LogP contribution in [0.5, 0.6) is 17.2 Å². The summed E-state index contributed by atoms with van der Waals surface area (Å²) in [5.74, 6) is -1.40. The molecule has 36 heavy (non-hydrogen) atoms. The van der Waals surface area contributed by atoms with E-state index in [4.69, 9.17) is 26.4 Å². The van der Waals surface area contributed by atoms with Gasteiger partial charge in [-0.2, -0.15) is 0 Å². The third-order valence-electron chi connectivity index (χ3n) is 6.00. The van der Waals surface area contributed by atoms with E-state index in [1.807, 2.05) is 31.2 Å². The summed E-state index contributed by atoms with van der Waals surface area (Å²) in [5, 5.41) is 10.3. The van der Waals surface area contributed by atoms with E-state index in [1.165, 1.54) is 38.6 Å². The van der Waals surface area contributed by atoms with Crippen molar-refractivity contribution in [1.29, 1.82) is 0 Å². The maximum Gasteiger partial charge on any atom is 0.309 e. The Morgan fingerprint density at radius 2 is 1.72 bits per heavy atom. The number of nitrogens with zero attached hydrogens (tertiary/aromatic N) is 1. The van der Waals surface area contributed by atoms with E-state index in [2.05, 4.69) is 4.98 Å². The summed E-state index contributed by atoms with van der Waals surface area (Å²) < 4.78 is 30.4. The van der Waals surface area contributed by atoms with E-state index in [0.717, 1.165) is 11.1 Å². The molecular weight excluding hydrogens is 481 g/mol. The summed E-state index contributed by atoms with van der Waals surface area (Å²) in [4.78, 5) is 17.5. The first-order valence-corrected chi connectivity index (χ1v) is 11.9. The fourth-order valence-electron chi connectivity index (χ4n) is 4.05. The second-order valence-electron chi connectivity index (χ2n) is 8.66. The van der Waals surface area contributed by atoms with Crippen molar-refractivity contribution in [2.75, 3.05) is 14.2 Å². The van der Waals surface area contributed by atoms with Gasteiger partial charge in [-0.1, -0.05) is 55.0 Å². The van der Waals surface area contributed by atoms with Crippen molar-refractivity contribution in [1.82, 2.24) is 4.98 Å². The molecule has 0 saturated carbocycles. The maximum absolute atomic E-state index is 13.9. The van der Waals surface area contributed by atoms with Gasteiger partial charge in [0, 0.05) is 34.7 Å². The third kappa shape index (κ3) is 6.18. The molecule has 0 fully saturated rings. The molecular formula is C28H30FNO5S. The number of carbonyl (C=O) groups is 1. The second-order valence-corrected chi connectivity index (χ2v) is 9.15. The van der Waals surface area contributed by atoms with Crippen LogP contribution in [-0.2, 0) is 9.53 Å². The van der Waals surface area contributed by atoms with Crippen LogP contribution in [0.3, 0.4) is 0 Å². The first kappa shape index (κ1) is 27.1. The molecule has 0 aliphatic carbocycles. The molecule has 0 radical (unpaired) electrons. The van der Waals surface area contributed by atoms with Gasteiger partial charge in [-0.05, 0) is 31.9 Å². The van der Waals surface area contributed by atoms with Gasteiger partial charge in [0.25, 0.3) is 0 Å². The number of benzene rings is 2. The fraction of sp³-hybridized carbons (Fsp3) is 0.321. The fourth-order valence-corrected chi connectivity index (χ4v) is 4.45. The zero-order valence-corrected chi connectivity index (χ0v) is 21.8. The first-order valence-electron chi connectivity index (χ1n) is 11.5. The minimum Gasteiger partial charge on any atom is -0.503 e. The van der Waals surface area contributed by atoms with Crippen molar-refractivity contribution in [3.05, 3.63) is 82.9 Å². The highest BCUT2D eigenvalue weighted by Crippen LogP contribution is 2.37. The number of aromatic nitrogens is 1. The average molecular weight is 512 g/mol. The molecule has 6 nitrogen and oxygen atoms in total. The number of hydrogen-bond acceptors (Lipinski definition) is 7. The summed E-state index contributed by atoms with van der Waals surface area (Å²) in [6, 6.07) is 13.7. The molecule has 0 aliphatic heterocycles. The summed E-state index contributed by atoms with van der Waals surface area (Å²) in [7, 11) is 2.91. The number of aryl methyl sites for hydroxylation is 1. The van der Waals surface area contributed by atoms with Gasteiger partial charge in [-0.15, -0.1) is 0 Å². The number of aromatic hydroxyl groups is 1. The largest absolute Gasteiger partial charge is 0.503 e.